The Morgan fingerprint density at radius 3 is 2.90 bits per heavy atom. The maximum atomic E-state index is 6.06. The lowest BCUT2D eigenvalue weighted by atomic mass is 9.98. The van der Waals surface area contributed by atoms with Crippen LogP contribution in [-0.2, 0) is 0 Å². The molecular weight excluding hydrogens is 290 g/mol. The molecular formula is C15H20ClN3S. The molecule has 20 heavy (non-hydrogen) atoms. The van der Waals surface area contributed by atoms with Crippen molar-refractivity contribution in [1.82, 2.24) is 9.97 Å². The summed E-state index contributed by atoms with van der Waals surface area (Å²) < 4.78 is 0. The summed E-state index contributed by atoms with van der Waals surface area (Å²) in [5, 5.41) is 4.74. The summed E-state index contributed by atoms with van der Waals surface area (Å²) >= 11 is 7.80. The first-order chi connectivity index (χ1) is 9.70. The molecule has 1 fully saturated rings. The number of anilines is 1. The molecule has 0 spiro atoms. The van der Waals surface area contributed by atoms with E-state index in [4.69, 9.17) is 11.6 Å². The average Bonchev–Trinajstić information content (AvgIpc) is 3.02. The van der Waals surface area contributed by atoms with Gasteiger partial charge < -0.3 is 5.32 Å². The fraction of sp³-hybridized carbons (Fsp3) is 0.600. The number of hydrogen-bond acceptors (Lipinski definition) is 4. The Balaban J connectivity index is 1.81. The first kappa shape index (κ1) is 14.1. The van der Waals surface area contributed by atoms with Crippen molar-refractivity contribution < 1.29 is 0 Å². The molecule has 0 amide bonds. The van der Waals surface area contributed by atoms with Crippen molar-refractivity contribution in [2.24, 2.45) is 11.8 Å². The zero-order valence-electron chi connectivity index (χ0n) is 11.9. The molecule has 0 bridgehead atoms. The summed E-state index contributed by atoms with van der Waals surface area (Å²) in [6, 6.07) is 0. The number of alkyl halides is 1. The van der Waals surface area contributed by atoms with Crippen LogP contribution in [0, 0.1) is 25.7 Å². The van der Waals surface area contributed by atoms with E-state index < -0.39 is 0 Å². The quantitative estimate of drug-likeness (QED) is 0.852. The second-order valence-electron chi connectivity index (χ2n) is 5.67. The summed E-state index contributed by atoms with van der Waals surface area (Å²) in [5.74, 6) is 3.10. The highest BCUT2D eigenvalue weighted by Crippen LogP contribution is 2.35. The third kappa shape index (κ3) is 2.51. The molecule has 2 atom stereocenters. The minimum atomic E-state index is 0.659. The molecule has 1 aliphatic rings. The highest BCUT2D eigenvalue weighted by molar-refractivity contribution is 7.18. The maximum Gasteiger partial charge on any atom is 0.138 e. The lowest BCUT2D eigenvalue weighted by Gasteiger charge is -2.18. The summed E-state index contributed by atoms with van der Waals surface area (Å²) in [4.78, 5) is 11.2. The van der Waals surface area contributed by atoms with Gasteiger partial charge in [0, 0.05) is 17.3 Å². The Labute approximate surface area is 128 Å². The number of halogens is 1. The van der Waals surface area contributed by atoms with Gasteiger partial charge in [-0.2, -0.15) is 0 Å². The molecule has 0 saturated heterocycles. The molecule has 2 aromatic heterocycles. The van der Waals surface area contributed by atoms with Gasteiger partial charge in [0.15, 0.2) is 0 Å². The Hall–Kier alpha value is -0.870. The summed E-state index contributed by atoms with van der Waals surface area (Å²) in [5.41, 5.74) is 1.30. The molecule has 2 aromatic rings. The van der Waals surface area contributed by atoms with E-state index in [9.17, 15) is 0 Å². The van der Waals surface area contributed by atoms with Crippen LogP contribution in [0.15, 0.2) is 6.33 Å². The minimum Gasteiger partial charge on any atom is -0.369 e. The molecule has 3 rings (SSSR count). The van der Waals surface area contributed by atoms with Gasteiger partial charge in [-0.05, 0) is 44.1 Å². The van der Waals surface area contributed by atoms with E-state index in [1.54, 1.807) is 17.7 Å². The van der Waals surface area contributed by atoms with Crippen molar-refractivity contribution in [1.29, 1.82) is 0 Å². The number of thiophene rings is 1. The van der Waals surface area contributed by atoms with Crippen molar-refractivity contribution in [2.45, 2.75) is 33.1 Å². The number of fused-ring (bicyclic) bond motifs is 1. The van der Waals surface area contributed by atoms with Crippen LogP contribution < -0.4 is 5.32 Å². The summed E-state index contributed by atoms with van der Waals surface area (Å²) in [7, 11) is 0. The topological polar surface area (TPSA) is 37.8 Å². The maximum absolute atomic E-state index is 6.06. The molecule has 1 N–H and O–H groups in total. The number of rotatable bonds is 4. The normalized spacial score (nSPS) is 22.6. The van der Waals surface area contributed by atoms with Crippen molar-refractivity contribution in [3.63, 3.8) is 0 Å². The Bertz CT molecular complexity index is 610. The van der Waals surface area contributed by atoms with Gasteiger partial charge in [0.25, 0.3) is 0 Å². The van der Waals surface area contributed by atoms with Gasteiger partial charge in [0.1, 0.15) is 17.0 Å². The largest absolute Gasteiger partial charge is 0.369 e. The second-order valence-corrected chi connectivity index (χ2v) is 7.18. The molecule has 2 heterocycles. The molecule has 108 valence electrons. The first-order valence-corrected chi connectivity index (χ1v) is 8.56. The fourth-order valence-corrected chi connectivity index (χ4v) is 4.53. The number of aryl methyl sites for hydroxylation is 2. The van der Waals surface area contributed by atoms with E-state index in [1.807, 2.05) is 0 Å². The van der Waals surface area contributed by atoms with E-state index in [-0.39, 0.29) is 0 Å². The van der Waals surface area contributed by atoms with Crippen LogP contribution in [-0.4, -0.2) is 22.4 Å². The monoisotopic (exact) mass is 309 g/mol. The van der Waals surface area contributed by atoms with Crippen LogP contribution in [0.4, 0.5) is 5.82 Å². The summed E-state index contributed by atoms with van der Waals surface area (Å²) in [6.07, 6.45) is 5.51. The highest BCUT2D eigenvalue weighted by atomic mass is 35.5. The predicted molar refractivity (Wildman–Crippen MR) is 86.9 cm³/mol. The molecule has 3 nitrogen and oxygen atoms in total. The second kappa shape index (κ2) is 5.86. The van der Waals surface area contributed by atoms with Crippen LogP contribution in [0.2, 0.25) is 0 Å². The van der Waals surface area contributed by atoms with Gasteiger partial charge >= 0.3 is 0 Å². The third-order valence-electron chi connectivity index (χ3n) is 4.51. The van der Waals surface area contributed by atoms with Crippen LogP contribution in [0.1, 0.15) is 29.7 Å². The number of aromatic nitrogens is 2. The van der Waals surface area contributed by atoms with E-state index in [0.29, 0.717) is 11.8 Å². The third-order valence-corrected chi connectivity index (χ3v) is 6.02. The predicted octanol–water partition coefficient (Wildman–Crippen LogP) is 4.38. The van der Waals surface area contributed by atoms with E-state index in [2.05, 4.69) is 29.1 Å². The smallest absolute Gasteiger partial charge is 0.138 e. The SMILES string of the molecule is Cc1sc2ncnc(NCC3CCCC3CCl)c2c1C. The Morgan fingerprint density at radius 2 is 2.10 bits per heavy atom. The van der Waals surface area contributed by atoms with Gasteiger partial charge in [-0.1, -0.05) is 6.42 Å². The van der Waals surface area contributed by atoms with E-state index in [0.717, 1.165) is 23.1 Å². The number of hydrogen-bond donors (Lipinski definition) is 1. The lowest BCUT2D eigenvalue weighted by Crippen LogP contribution is -2.20. The van der Waals surface area contributed by atoms with Crippen LogP contribution in [0.25, 0.3) is 10.2 Å². The zero-order chi connectivity index (χ0) is 14.1. The Morgan fingerprint density at radius 1 is 1.30 bits per heavy atom. The van der Waals surface area contributed by atoms with Gasteiger partial charge in [-0.15, -0.1) is 22.9 Å². The standard InChI is InChI=1S/C15H20ClN3S/c1-9-10(2)20-15-13(9)14(18-8-19-15)17-7-12-5-3-4-11(12)6-16/h8,11-12H,3-7H2,1-2H3,(H,17,18,19). The van der Waals surface area contributed by atoms with E-state index in [1.165, 1.54) is 35.1 Å². The molecule has 5 heteroatoms. The fourth-order valence-electron chi connectivity index (χ4n) is 3.13. The summed E-state index contributed by atoms with van der Waals surface area (Å²) in [6.45, 7) is 5.27. The van der Waals surface area contributed by atoms with Gasteiger partial charge in [0.05, 0.1) is 5.39 Å². The van der Waals surface area contributed by atoms with Crippen LogP contribution in [0.3, 0.4) is 0 Å². The van der Waals surface area contributed by atoms with E-state index >= 15 is 0 Å². The lowest BCUT2D eigenvalue weighted by molar-refractivity contribution is 0.444. The zero-order valence-corrected chi connectivity index (χ0v) is 13.5. The van der Waals surface area contributed by atoms with Crippen molar-refractivity contribution >= 4 is 39.0 Å². The molecule has 0 aromatic carbocycles. The molecule has 1 saturated carbocycles. The molecule has 0 aliphatic heterocycles. The van der Waals surface area contributed by atoms with Gasteiger partial charge in [-0.3, -0.25) is 0 Å². The van der Waals surface area contributed by atoms with Crippen LogP contribution >= 0.6 is 22.9 Å². The minimum absolute atomic E-state index is 0.659. The van der Waals surface area contributed by atoms with Crippen molar-refractivity contribution in [3.05, 3.63) is 16.8 Å². The van der Waals surface area contributed by atoms with Gasteiger partial charge in [-0.25, -0.2) is 9.97 Å². The van der Waals surface area contributed by atoms with Gasteiger partial charge in [0.2, 0.25) is 0 Å². The number of nitrogens with one attached hydrogen (secondary N) is 1. The van der Waals surface area contributed by atoms with Crippen molar-refractivity contribution in [3.8, 4) is 0 Å². The molecule has 0 radical (unpaired) electrons. The average molecular weight is 310 g/mol. The highest BCUT2D eigenvalue weighted by Gasteiger charge is 2.26. The van der Waals surface area contributed by atoms with Crippen LogP contribution in [0.5, 0.6) is 0 Å². The Kier molecular flexibility index (Phi) is 4.13. The molecule has 2 unspecified atom stereocenters. The first-order valence-electron chi connectivity index (χ1n) is 7.21. The van der Waals surface area contributed by atoms with Crippen molar-refractivity contribution in [2.75, 3.05) is 17.7 Å². The number of nitrogens with zero attached hydrogens (tertiary/aromatic N) is 2. The molecule has 1 aliphatic carbocycles.